The summed E-state index contributed by atoms with van der Waals surface area (Å²) in [5.41, 5.74) is 1.23. The number of anilines is 2. The highest BCUT2D eigenvalue weighted by atomic mass is 16.2. The molecule has 0 atom stereocenters. The minimum Gasteiger partial charge on any atom is -0.352 e. The first kappa shape index (κ1) is 21.2. The zero-order valence-corrected chi connectivity index (χ0v) is 18.0. The molecule has 31 heavy (non-hydrogen) atoms. The van der Waals surface area contributed by atoms with Crippen LogP contribution in [0, 0.1) is 5.92 Å². The van der Waals surface area contributed by atoms with Crippen molar-refractivity contribution in [3.8, 4) is 0 Å². The molecule has 4 rings (SSSR count). The standard InChI is InChI=1S/C23H30N6O2/c1-27(22(31)18-8-9-18)20-7-3-2-6-19(20)21(30)24-12-5-13-28-14-16-29(17-15-28)23-25-10-4-11-26-23/h2-4,6-7,10-11,18H,5,8-9,12-17H2,1H3,(H,24,30). The van der Waals surface area contributed by atoms with Crippen molar-refractivity contribution in [1.82, 2.24) is 20.2 Å². The monoisotopic (exact) mass is 422 g/mol. The van der Waals surface area contributed by atoms with Gasteiger partial charge in [-0.15, -0.1) is 0 Å². The van der Waals surface area contributed by atoms with Crippen LogP contribution in [0.3, 0.4) is 0 Å². The van der Waals surface area contributed by atoms with E-state index in [1.54, 1.807) is 30.4 Å². The van der Waals surface area contributed by atoms with Crippen molar-refractivity contribution in [2.75, 3.05) is 56.1 Å². The number of nitrogens with zero attached hydrogens (tertiary/aromatic N) is 5. The van der Waals surface area contributed by atoms with E-state index in [4.69, 9.17) is 0 Å². The quantitative estimate of drug-likeness (QED) is 0.654. The summed E-state index contributed by atoms with van der Waals surface area (Å²) in [4.78, 5) is 40.0. The number of carbonyl (C=O) groups excluding carboxylic acids is 2. The van der Waals surface area contributed by atoms with Crippen molar-refractivity contribution in [2.24, 2.45) is 5.92 Å². The van der Waals surface area contributed by atoms with Crippen LogP contribution in [0.25, 0.3) is 0 Å². The van der Waals surface area contributed by atoms with E-state index >= 15 is 0 Å². The Morgan fingerprint density at radius 2 is 1.77 bits per heavy atom. The van der Waals surface area contributed by atoms with Crippen LogP contribution in [0.2, 0.25) is 0 Å². The SMILES string of the molecule is CN(C(=O)C1CC1)c1ccccc1C(=O)NCCCN1CCN(c2ncccn2)CC1. The molecule has 8 heteroatoms. The molecule has 2 aliphatic rings. The zero-order valence-electron chi connectivity index (χ0n) is 18.0. The smallest absolute Gasteiger partial charge is 0.253 e. The Labute approximate surface area is 183 Å². The first-order valence-corrected chi connectivity index (χ1v) is 11.0. The van der Waals surface area contributed by atoms with Gasteiger partial charge in [0.15, 0.2) is 0 Å². The molecule has 0 bridgehead atoms. The first-order chi connectivity index (χ1) is 15.1. The molecule has 1 N–H and O–H groups in total. The van der Waals surface area contributed by atoms with Gasteiger partial charge < -0.3 is 15.1 Å². The fraction of sp³-hybridized carbons (Fsp3) is 0.478. The summed E-state index contributed by atoms with van der Waals surface area (Å²) in [6.07, 6.45) is 6.32. The van der Waals surface area contributed by atoms with E-state index in [9.17, 15) is 9.59 Å². The normalized spacial score (nSPS) is 16.7. The number of aromatic nitrogens is 2. The summed E-state index contributed by atoms with van der Waals surface area (Å²) in [6, 6.07) is 9.15. The van der Waals surface area contributed by atoms with Crippen LogP contribution >= 0.6 is 0 Å². The van der Waals surface area contributed by atoms with E-state index in [0.29, 0.717) is 17.8 Å². The Hall–Kier alpha value is -3.00. The van der Waals surface area contributed by atoms with Gasteiger partial charge in [-0.05, 0) is 44.0 Å². The molecule has 1 aliphatic heterocycles. The van der Waals surface area contributed by atoms with Gasteiger partial charge >= 0.3 is 0 Å². The lowest BCUT2D eigenvalue weighted by atomic mass is 10.1. The van der Waals surface area contributed by atoms with Gasteiger partial charge in [-0.2, -0.15) is 0 Å². The van der Waals surface area contributed by atoms with Crippen LogP contribution in [0.1, 0.15) is 29.6 Å². The van der Waals surface area contributed by atoms with Crippen molar-refractivity contribution in [2.45, 2.75) is 19.3 Å². The van der Waals surface area contributed by atoms with Crippen molar-refractivity contribution < 1.29 is 9.59 Å². The second-order valence-electron chi connectivity index (χ2n) is 8.18. The van der Waals surface area contributed by atoms with Gasteiger partial charge in [0.2, 0.25) is 11.9 Å². The zero-order chi connectivity index (χ0) is 21.6. The lowest BCUT2D eigenvalue weighted by Crippen LogP contribution is -2.47. The number of hydrogen-bond acceptors (Lipinski definition) is 6. The number of nitrogens with one attached hydrogen (secondary N) is 1. The Morgan fingerprint density at radius 1 is 1.06 bits per heavy atom. The minimum absolute atomic E-state index is 0.0975. The van der Waals surface area contributed by atoms with Crippen molar-refractivity contribution in [3.63, 3.8) is 0 Å². The van der Waals surface area contributed by atoms with Crippen LogP contribution < -0.4 is 15.1 Å². The predicted octanol–water partition coefficient (Wildman–Crippen LogP) is 1.79. The maximum atomic E-state index is 12.7. The van der Waals surface area contributed by atoms with E-state index in [0.717, 1.165) is 57.9 Å². The second-order valence-corrected chi connectivity index (χ2v) is 8.18. The summed E-state index contributed by atoms with van der Waals surface area (Å²) < 4.78 is 0. The fourth-order valence-electron chi connectivity index (χ4n) is 3.91. The van der Waals surface area contributed by atoms with E-state index in [-0.39, 0.29) is 17.7 Å². The Kier molecular flexibility index (Phi) is 6.76. The van der Waals surface area contributed by atoms with Gasteiger partial charge in [-0.3, -0.25) is 14.5 Å². The molecule has 1 aliphatic carbocycles. The number of carbonyl (C=O) groups is 2. The number of rotatable bonds is 8. The molecular formula is C23H30N6O2. The van der Waals surface area contributed by atoms with E-state index in [2.05, 4.69) is 25.1 Å². The van der Waals surface area contributed by atoms with E-state index in [1.165, 1.54) is 0 Å². The maximum absolute atomic E-state index is 12.7. The average molecular weight is 423 g/mol. The van der Waals surface area contributed by atoms with Crippen LogP contribution in [-0.2, 0) is 4.79 Å². The molecule has 0 spiro atoms. The Bertz CT molecular complexity index is 894. The topological polar surface area (TPSA) is 81.7 Å². The molecule has 8 nitrogen and oxygen atoms in total. The summed E-state index contributed by atoms with van der Waals surface area (Å²) in [6.45, 7) is 5.28. The number of amides is 2. The number of piperazine rings is 1. The minimum atomic E-state index is -0.128. The summed E-state index contributed by atoms with van der Waals surface area (Å²) in [5, 5.41) is 3.02. The highest BCUT2D eigenvalue weighted by molar-refractivity contribution is 6.05. The maximum Gasteiger partial charge on any atom is 0.253 e. The molecule has 2 heterocycles. The average Bonchev–Trinajstić information content (AvgIpc) is 3.67. The van der Waals surface area contributed by atoms with Gasteiger partial charge in [-0.25, -0.2) is 9.97 Å². The summed E-state index contributed by atoms with van der Waals surface area (Å²) >= 11 is 0. The third-order valence-corrected chi connectivity index (χ3v) is 5.91. The van der Waals surface area contributed by atoms with Crippen LogP contribution in [0.4, 0.5) is 11.6 Å². The van der Waals surface area contributed by atoms with E-state index < -0.39 is 0 Å². The molecule has 2 amide bonds. The number of hydrogen-bond donors (Lipinski definition) is 1. The predicted molar refractivity (Wildman–Crippen MR) is 120 cm³/mol. The Morgan fingerprint density at radius 3 is 2.48 bits per heavy atom. The summed E-state index contributed by atoms with van der Waals surface area (Å²) in [5.74, 6) is 0.880. The van der Waals surface area contributed by atoms with Crippen LogP contribution in [0.15, 0.2) is 42.7 Å². The number of para-hydroxylation sites is 1. The second kappa shape index (κ2) is 9.87. The summed E-state index contributed by atoms with van der Waals surface area (Å²) in [7, 11) is 1.76. The van der Waals surface area contributed by atoms with Crippen molar-refractivity contribution in [1.29, 1.82) is 0 Å². The van der Waals surface area contributed by atoms with Crippen LogP contribution in [0.5, 0.6) is 0 Å². The van der Waals surface area contributed by atoms with Crippen molar-refractivity contribution in [3.05, 3.63) is 48.3 Å². The molecule has 164 valence electrons. The largest absolute Gasteiger partial charge is 0.352 e. The Balaban J connectivity index is 1.21. The highest BCUT2D eigenvalue weighted by Gasteiger charge is 2.33. The molecule has 1 saturated carbocycles. The molecule has 1 aromatic carbocycles. The molecule has 0 unspecified atom stereocenters. The highest BCUT2D eigenvalue weighted by Crippen LogP contribution is 2.33. The van der Waals surface area contributed by atoms with Gasteiger partial charge in [0, 0.05) is 58.1 Å². The lowest BCUT2D eigenvalue weighted by molar-refractivity contribution is -0.119. The molecule has 1 aromatic heterocycles. The van der Waals surface area contributed by atoms with Gasteiger partial charge in [0.05, 0.1) is 11.3 Å². The van der Waals surface area contributed by atoms with Crippen molar-refractivity contribution >= 4 is 23.5 Å². The third-order valence-electron chi connectivity index (χ3n) is 5.91. The molecular weight excluding hydrogens is 392 g/mol. The van der Waals surface area contributed by atoms with E-state index in [1.807, 2.05) is 24.3 Å². The molecule has 0 radical (unpaired) electrons. The van der Waals surface area contributed by atoms with Crippen LogP contribution in [-0.4, -0.2) is 73.0 Å². The molecule has 2 fully saturated rings. The van der Waals surface area contributed by atoms with Gasteiger partial charge in [-0.1, -0.05) is 12.1 Å². The third kappa shape index (κ3) is 5.38. The number of benzene rings is 1. The first-order valence-electron chi connectivity index (χ1n) is 11.0. The molecule has 2 aromatic rings. The molecule has 1 saturated heterocycles. The lowest BCUT2D eigenvalue weighted by Gasteiger charge is -2.34. The van der Waals surface area contributed by atoms with Gasteiger partial charge in [0.25, 0.3) is 5.91 Å². The van der Waals surface area contributed by atoms with Gasteiger partial charge in [0.1, 0.15) is 0 Å². The fourth-order valence-corrected chi connectivity index (χ4v) is 3.91.